The monoisotopic (exact) mass is 425 g/mol. The number of nitrogens with zero attached hydrogens (tertiary/aromatic N) is 2. The first-order valence-electron chi connectivity index (χ1n) is 6.83. The van der Waals surface area contributed by atoms with Gasteiger partial charge in [-0.2, -0.15) is 5.10 Å². The first-order valence-corrected chi connectivity index (χ1v) is 8.00. The van der Waals surface area contributed by atoms with Crippen molar-refractivity contribution in [3.05, 3.63) is 63.3 Å². The fourth-order valence-electron chi connectivity index (χ4n) is 1.89. The summed E-state index contributed by atoms with van der Waals surface area (Å²) in [6.07, 6.45) is 3.24. The van der Waals surface area contributed by atoms with E-state index in [9.17, 15) is 9.59 Å². The average molecular weight is 427 g/mol. The van der Waals surface area contributed by atoms with Crippen LogP contribution in [-0.4, -0.2) is 33.8 Å². The van der Waals surface area contributed by atoms with Crippen LogP contribution in [0.1, 0.15) is 20.7 Å². The van der Waals surface area contributed by atoms with E-state index in [-0.39, 0.29) is 5.56 Å². The number of pyridine rings is 1. The molecule has 0 saturated carbocycles. The molecule has 0 saturated heterocycles. The lowest BCUT2D eigenvalue weighted by Gasteiger charge is -2.02. The van der Waals surface area contributed by atoms with Crippen LogP contribution in [0.2, 0.25) is 5.02 Å². The summed E-state index contributed by atoms with van der Waals surface area (Å²) < 4.78 is 6.89. The zero-order valence-electron chi connectivity index (χ0n) is 12.9. The lowest BCUT2D eigenvalue weighted by atomic mass is 10.2. The molecule has 3 N–H and O–H groups in total. The van der Waals surface area contributed by atoms with Gasteiger partial charge in [0.2, 0.25) is 0 Å². The van der Waals surface area contributed by atoms with Crippen LogP contribution in [0.3, 0.4) is 0 Å². The lowest BCUT2D eigenvalue weighted by molar-refractivity contribution is 0.0600. The van der Waals surface area contributed by atoms with Gasteiger partial charge in [-0.25, -0.2) is 14.1 Å². The predicted molar refractivity (Wildman–Crippen MR) is 97.1 cm³/mol. The molecule has 25 heavy (non-hydrogen) atoms. The molecular formula is C16H13BrClN3O4. The molecular weight excluding hydrogens is 414 g/mol. The topological polar surface area (TPSA) is 107 Å². The maximum Gasteiger partial charge on any atom is 0.339 e. The number of methoxy groups -OCH3 is 1. The fourth-order valence-corrected chi connectivity index (χ4v) is 2.48. The van der Waals surface area contributed by atoms with Crippen LogP contribution in [0.15, 0.2) is 47.2 Å². The van der Waals surface area contributed by atoms with Gasteiger partial charge in [-0.15, -0.1) is 0 Å². The molecule has 130 valence electrons. The van der Waals surface area contributed by atoms with E-state index in [1.807, 2.05) is 0 Å². The normalized spacial score (nSPS) is 10.0. The van der Waals surface area contributed by atoms with Crippen molar-refractivity contribution in [1.29, 1.82) is 0 Å². The molecule has 0 aliphatic heterocycles. The Bertz CT molecular complexity index is 942. The van der Waals surface area contributed by atoms with E-state index in [4.69, 9.17) is 22.4 Å². The molecule has 9 heteroatoms. The van der Waals surface area contributed by atoms with Crippen molar-refractivity contribution in [2.45, 2.75) is 0 Å². The van der Waals surface area contributed by atoms with Gasteiger partial charge in [0.1, 0.15) is 0 Å². The van der Waals surface area contributed by atoms with Crippen molar-refractivity contribution < 1.29 is 19.4 Å². The van der Waals surface area contributed by atoms with Crippen molar-refractivity contribution in [1.82, 2.24) is 9.61 Å². The number of nitrogen functional groups attached to an aromatic ring is 1. The molecule has 2 aromatic heterocycles. The lowest BCUT2D eigenvalue weighted by Crippen LogP contribution is -2.02. The number of carbonyl (C=O) groups excluding carboxylic acids is 1. The molecule has 0 aliphatic rings. The quantitative estimate of drug-likeness (QED) is 0.480. The number of carboxylic acid groups (broad SMARTS) is 1. The van der Waals surface area contributed by atoms with Gasteiger partial charge in [0.25, 0.3) is 0 Å². The van der Waals surface area contributed by atoms with Gasteiger partial charge in [-0.3, -0.25) is 0 Å². The molecule has 0 atom stereocenters. The molecule has 3 aromatic rings. The van der Waals surface area contributed by atoms with E-state index < -0.39 is 11.9 Å². The molecule has 0 fully saturated rings. The second-order valence-corrected chi connectivity index (χ2v) is 6.04. The summed E-state index contributed by atoms with van der Waals surface area (Å²) in [6, 6.07) is 7.74. The number of aromatic carboxylic acids is 1. The molecule has 0 amide bonds. The van der Waals surface area contributed by atoms with Crippen LogP contribution in [0.25, 0.3) is 5.52 Å². The zero-order valence-corrected chi connectivity index (χ0v) is 15.3. The van der Waals surface area contributed by atoms with E-state index in [1.165, 1.54) is 19.2 Å². The smallest absolute Gasteiger partial charge is 0.339 e. The van der Waals surface area contributed by atoms with Gasteiger partial charge in [0.05, 0.1) is 39.4 Å². The molecule has 7 nitrogen and oxygen atoms in total. The molecule has 0 unspecified atom stereocenters. The number of anilines is 1. The summed E-state index contributed by atoms with van der Waals surface area (Å²) in [4.78, 5) is 21.7. The summed E-state index contributed by atoms with van der Waals surface area (Å²) in [7, 11) is 1.29. The van der Waals surface area contributed by atoms with E-state index in [2.05, 4.69) is 25.8 Å². The number of rotatable bonds is 2. The number of aromatic nitrogens is 2. The molecule has 0 bridgehead atoms. The maximum atomic E-state index is 11.0. The number of fused-ring (bicyclic) bond motifs is 1. The second kappa shape index (κ2) is 8.00. The highest BCUT2D eigenvalue weighted by atomic mass is 79.9. The largest absolute Gasteiger partial charge is 0.478 e. The van der Waals surface area contributed by atoms with Gasteiger partial charge < -0.3 is 15.6 Å². The third kappa shape index (κ3) is 4.49. The second-order valence-electron chi connectivity index (χ2n) is 4.77. The highest BCUT2D eigenvalue weighted by Gasteiger charge is 2.09. The van der Waals surface area contributed by atoms with E-state index in [0.717, 1.165) is 9.99 Å². The summed E-state index contributed by atoms with van der Waals surface area (Å²) in [5, 5.41) is 13.1. The van der Waals surface area contributed by atoms with Crippen molar-refractivity contribution in [3.63, 3.8) is 0 Å². The van der Waals surface area contributed by atoms with Crippen molar-refractivity contribution in [2.75, 3.05) is 12.8 Å². The highest BCUT2D eigenvalue weighted by molar-refractivity contribution is 9.10. The SMILES string of the molecule is COC(=O)c1cc(N)ccc1Cl.O=C(O)c1ccn2ncc(Br)c2c1. The highest BCUT2D eigenvalue weighted by Crippen LogP contribution is 2.19. The Labute approximate surface area is 156 Å². The number of carbonyl (C=O) groups is 2. The van der Waals surface area contributed by atoms with E-state index in [1.54, 1.807) is 35.1 Å². The fraction of sp³-hybridized carbons (Fsp3) is 0.0625. The van der Waals surface area contributed by atoms with Gasteiger partial charge in [-0.05, 0) is 46.3 Å². The zero-order chi connectivity index (χ0) is 18.6. The third-order valence-corrected chi connectivity index (χ3v) is 4.06. The molecule has 0 spiro atoms. The number of ether oxygens (including phenoxy) is 1. The van der Waals surface area contributed by atoms with E-state index >= 15 is 0 Å². The summed E-state index contributed by atoms with van der Waals surface area (Å²) in [5.74, 6) is -1.41. The Morgan fingerprint density at radius 1 is 1.32 bits per heavy atom. The Morgan fingerprint density at radius 2 is 2.04 bits per heavy atom. The average Bonchev–Trinajstić information content (AvgIpc) is 2.97. The van der Waals surface area contributed by atoms with Gasteiger partial charge in [-0.1, -0.05) is 11.6 Å². The summed E-state index contributed by atoms with van der Waals surface area (Å²) in [6.45, 7) is 0. The molecule has 0 aliphatic carbocycles. The minimum Gasteiger partial charge on any atom is -0.478 e. The molecule has 3 rings (SSSR count). The van der Waals surface area contributed by atoms with Crippen LogP contribution < -0.4 is 5.73 Å². The minimum absolute atomic E-state index is 0.258. The minimum atomic E-state index is -0.935. The Balaban J connectivity index is 0.000000181. The Hall–Kier alpha value is -2.58. The molecule has 2 heterocycles. The van der Waals surface area contributed by atoms with Gasteiger partial charge in [0.15, 0.2) is 0 Å². The summed E-state index contributed by atoms with van der Waals surface area (Å²) >= 11 is 8.99. The maximum absolute atomic E-state index is 11.0. The number of hydrogen-bond donors (Lipinski definition) is 2. The number of esters is 1. The number of carboxylic acids is 1. The standard InChI is InChI=1S/C8H5BrN2O2.C8H8ClNO2/c9-6-4-10-11-2-1-5(8(12)13)3-7(6)11;1-12-8(11)6-4-5(10)2-3-7(6)9/h1-4H,(H,12,13);2-4H,10H2,1H3. The van der Waals surface area contributed by atoms with Crippen LogP contribution >= 0.6 is 27.5 Å². The van der Waals surface area contributed by atoms with Crippen molar-refractivity contribution >= 4 is 50.7 Å². The number of halogens is 2. The number of hydrogen-bond acceptors (Lipinski definition) is 5. The van der Waals surface area contributed by atoms with E-state index in [0.29, 0.717) is 16.3 Å². The van der Waals surface area contributed by atoms with Crippen LogP contribution in [-0.2, 0) is 4.74 Å². The van der Waals surface area contributed by atoms with Crippen LogP contribution in [0.5, 0.6) is 0 Å². The molecule has 1 aromatic carbocycles. The van der Waals surface area contributed by atoms with Crippen molar-refractivity contribution in [2.24, 2.45) is 0 Å². The van der Waals surface area contributed by atoms with Crippen LogP contribution in [0.4, 0.5) is 5.69 Å². The number of nitrogens with two attached hydrogens (primary N) is 1. The first kappa shape index (κ1) is 18.8. The molecule has 0 radical (unpaired) electrons. The summed E-state index contributed by atoms with van der Waals surface area (Å²) in [5.41, 5.74) is 7.24. The third-order valence-electron chi connectivity index (χ3n) is 3.12. The van der Waals surface area contributed by atoms with Gasteiger partial charge in [0, 0.05) is 11.9 Å². The Kier molecular flexibility index (Phi) is 6.00. The van der Waals surface area contributed by atoms with Crippen molar-refractivity contribution in [3.8, 4) is 0 Å². The predicted octanol–water partition coefficient (Wildman–Crippen LogP) is 3.50. The number of benzene rings is 1. The first-order chi connectivity index (χ1) is 11.8. The van der Waals surface area contributed by atoms with Gasteiger partial charge >= 0.3 is 11.9 Å². The Morgan fingerprint density at radius 3 is 2.68 bits per heavy atom. The van der Waals surface area contributed by atoms with Crippen LogP contribution in [0, 0.1) is 0 Å².